The van der Waals surface area contributed by atoms with Crippen molar-refractivity contribution in [3.8, 4) is 5.75 Å². The Bertz CT molecular complexity index is 448. The summed E-state index contributed by atoms with van der Waals surface area (Å²) < 4.78 is 19.7. The summed E-state index contributed by atoms with van der Waals surface area (Å²) in [5.41, 5.74) is 0.0286. The first-order chi connectivity index (χ1) is 9.52. The molecule has 0 aromatic heterocycles. The summed E-state index contributed by atoms with van der Waals surface area (Å²) in [5, 5.41) is 3.89. The third-order valence-corrected chi connectivity index (χ3v) is 4.86. The number of hydrogen-bond acceptors (Lipinski definition) is 2. The zero-order chi connectivity index (χ0) is 14.8. The van der Waals surface area contributed by atoms with Crippen molar-refractivity contribution in [3.63, 3.8) is 0 Å². The highest BCUT2D eigenvalue weighted by molar-refractivity contribution is 6.32. The molecule has 20 heavy (non-hydrogen) atoms. The normalized spacial score (nSPS) is 29.1. The summed E-state index contributed by atoms with van der Waals surface area (Å²) in [4.78, 5) is 0. The van der Waals surface area contributed by atoms with Crippen molar-refractivity contribution in [2.45, 2.75) is 52.2 Å². The van der Waals surface area contributed by atoms with Gasteiger partial charge in [-0.2, -0.15) is 0 Å². The van der Waals surface area contributed by atoms with Crippen molar-refractivity contribution in [3.05, 3.63) is 29.0 Å². The quantitative estimate of drug-likeness (QED) is 0.840. The molecule has 0 radical (unpaired) electrons. The molecule has 4 heteroatoms. The highest BCUT2D eigenvalue weighted by Gasteiger charge is 2.52. The van der Waals surface area contributed by atoms with E-state index in [0.29, 0.717) is 11.1 Å². The molecule has 112 valence electrons. The van der Waals surface area contributed by atoms with Crippen LogP contribution in [0.15, 0.2) is 18.2 Å². The van der Waals surface area contributed by atoms with Crippen molar-refractivity contribution < 1.29 is 9.13 Å². The van der Waals surface area contributed by atoms with E-state index in [2.05, 4.69) is 26.1 Å². The largest absolute Gasteiger partial charge is 0.485 e. The van der Waals surface area contributed by atoms with Crippen LogP contribution in [0.1, 0.15) is 40.0 Å². The van der Waals surface area contributed by atoms with Crippen LogP contribution < -0.4 is 10.1 Å². The fraction of sp³-hybridized carbons (Fsp3) is 0.625. The second kappa shape index (κ2) is 6.31. The molecule has 3 atom stereocenters. The Kier molecular flexibility index (Phi) is 4.92. The number of hydrogen-bond donors (Lipinski definition) is 1. The summed E-state index contributed by atoms with van der Waals surface area (Å²) in [6.07, 6.45) is 3.01. The molecular formula is C16H23ClFNO. The van der Waals surface area contributed by atoms with E-state index in [9.17, 15) is 4.39 Å². The summed E-state index contributed by atoms with van der Waals surface area (Å²) in [6.45, 7) is 7.51. The van der Waals surface area contributed by atoms with Gasteiger partial charge in [-0.25, -0.2) is 4.39 Å². The summed E-state index contributed by atoms with van der Waals surface area (Å²) >= 11 is 6.03. The minimum absolute atomic E-state index is 0.0104. The van der Waals surface area contributed by atoms with E-state index in [0.717, 1.165) is 25.8 Å². The molecule has 2 rings (SSSR count). The molecule has 0 aliphatic heterocycles. The van der Waals surface area contributed by atoms with Crippen molar-refractivity contribution in [1.82, 2.24) is 5.32 Å². The van der Waals surface area contributed by atoms with Crippen LogP contribution in [0.5, 0.6) is 5.75 Å². The van der Waals surface area contributed by atoms with E-state index >= 15 is 0 Å². The molecule has 1 saturated carbocycles. The van der Waals surface area contributed by atoms with Crippen LogP contribution in [-0.4, -0.2) is 18.7 Å². The Morgan fingerprint density at radius 1 is 1.45 bits per heavy atom. The third kappa shape index (κ3) is 2.79. The minimum Gasteiger partial charge on any atom is -0.485 e. The van der Waals surface area contributed by atoms with Gasteiger partial charge >= 0.3 is 0 Å². The predicted octanol–water partition coefficient (Wildman–Crippen LogP) is 4.41. The number of rotatable bonds is 6. The number of nitrogens with one attached hydrogen (secondary N) is 1. The van der Waals surface area contributed by atoms with E-state index < -0.39 is 0 Å². The molecule has 1 aliphatic carbocycles. The topological polar surface area (TPSA) is 21.3 Å². The number of para-hydroxylation sites is 1. The van der Waals surface area contributed by atoms with Gasteiger partial charge < -0.3 is 10.1 Å². The molecule has 0 saturated heterocycles. The van der Waals surface area contributed by atoms with Gasteiger partial charge in [0.2, 0.25) is 0 Å². The second-order valence-corrected chi connectivity index (χ2v) is 6.17. The molecule has 3 unspecified atom stereocenters. The standard InChI is InChI=1S/C16H23ClFNO/c1-4-9-19-13-10-14(16(13,3)5-2)20-15-11(17)7-6-8-12(15)18/h6-8,13-14,19H,4-5,9-10H2,1-3H3. The van der Waals surface area contributed by atoms with Crippen LogP contribution in [0.4, 0.5) is 4.39 Å². The van der Waals surface area contributed by atoms with E-state index in [-0.39, 0.29) is 23.1 Å². The van der Waals surface area contributed by atoms with Gasteiger partial charge in [-0.1, -0.05) is 38.4 Å². The predicted molar refractivity (Wildman–Crippen MR) is 80.9 cm³/mol. The summed E-state index contributed by atoms with van der Waals surface area (Å²) in [7, 11) is 0. The number of ether oxygens (including phenoxy) is 1. The Labute approximate surface area is 125 Å². The first-order valence-electron chi connectivity index (χ1n) is 7.37. The van der Waals surface area contributed by atoms with Crippen LogP contribution in [0, 0.1) is 11.2 Å². The van der Waals surface area contributed by atoms with Crippen molar-refractivity contribution in [2.75, 3.05) is 6.54 Å². The lowest BCUT2D eigenvalue weighted by Gasteiger charge is -2.53. The van der Waals surface area contributed by atoms with Gasteiger partial charge in [-0.3, -0.25) is 0 Å². The lowest BCUT2D eigenvalue weighted by atomic mass is 9.61. The van der Waals surface area contributed by atoms with Gasteiger partial charge in [0, 0.05) is 17.9 Å². The van der Waals surface area contributed by atoms with E-state index in [1.54, 1.807) is 12.1 Å². The molecule has 1 fully saturated rings. The molecule has 1 aliphatic rings. The summed E-state index contributed by atoms with van der Waals surface area (Å²) in [5.74, 6) is -0.200. The molecule has 2 nitrogen and oxygen atoms in total. The second-order valence-electron chi connectivity index (χ2n) is 5.76. The molecule has 1 aromatic carbocycles. The molecule has 0 bridgehead atoms. The maximum Gasteiger partial charge on any atom is 0.173 e. The van der Waals surface area contributed by atoms with Gasteiger partial charge in [-0.15, -0.1) is 0 Å². The maximum atomic E-state index is 13.8. The van der Waals surface area contributed by atoms with Crippen molar-refractivity contribution in [1.29, 1.82) is 0 Å². The van der Waals surface area contributed by atoms with Crippen LogP contribution in [0.25, 0.3) is 0 Å². The van der Waals surface area contributed by atoms with Crippen molar-refractivity contribution in [2.24, 2.45) is 5.41 Å². The Hall–Kier alpha value is -0.800. The Morgan fingerprint density at radius 2 is 2.20 bits per heavy atom. The number of halogens is 2. The molecule has 1 N–H and O–H groups in total. The summed E-state index contributed by atoms with van der Waals surface area (Å²) in [6, 6.07) is 5.07. The Balaban J connectivity index is 2.07. The minimum atomic E-state index is -0.388. The van der Waals surface area contributed by atoms with E-state index in [1.807, 2.05) is 0 Å². The van der Waals surface area contributed by atoms with Crippen LogP contribution in [0.3, 0.4) is 0 Å². The van der Waals surface area contributed by atoms with Gasteiger partial charge in [-0.05, 0) is 31.5 Å². The molecule has 0 spiro atoms. The van der Waals surface area contributed by atoms with E-state index in [4.69, 9.17) is 16.3 Å². The Morgan fingerprint density at radius 3 is 2.80 bits per heavy atom. The van der Waals surface area contributed by atoms with E-state index in [1.165, 1.54) is 6.07 Å². The maximum absolute atomic E-state index is 13.8. The lowest BCUT2D eigenvalue weighted by molar-refractivity contribution is -0.0715. The highest BCUT2D eigenvalue weighted by atomic mass is 35.5. The average molecular weight is 300 g/mol. The molecule has 0 amide bonds. The average Bonchev–Trinajstić information content (AvgIpc) is 2.43. The van der Waals surface area contributed by atoms with Crippen LogP contribution in [0.2, 0.25) is 5.02 Å². The monoisotopic (exact) mass is 299 g/mol. The van der Waals surface area contributed by atoms with Gasteiger partial charge in [0.25, 0.3) is 0 Å². The van der Waals surface area contributed by atoms with Crippen LogP contribution >= 0.6 is 11.6 Å². The highest BCUT2D eigenvalue weighted by Crippen LogP contribution is 2.47. The molecule has 0 heterocycles. The van der Waals surface area contributed by atoms with Gasteiger partial charge in [0.1, 0.15) is 6.10 Å². The number of benzene rings is 1. The van der Waals surface area contributed by atoms with Crippen LogP contribution in [-0.2, 0) is 0 Å². The zero-order valence-electron chi connectivity index (χ0n) is 12.4. The fourth-order valence-electron chi connectivity index (χ4n) is 2.85. The first kappa shape index (κ1) is 15.6. The first-order valence-corrected chi connectivity index (χ1v) is 7.74. The smallest absolute Gasteiger partial charge is 0.173 e. The molecule has 1 aromatic rings. The fourth-order valence-corrected chi connectivity index (χ4v) is 3.05. The SMILES string of the molecule is CCCNC1CC(Oc2c(F)cccc2Cl)C1(C)CC. The molecular weight excluding hydrogens is 277 g/mol. The van der Waals surface area contributed by atoms with Gasteiger partial charge in [0.15, 0.2) is 11.6 Å². The lowest BCUT2D eigenvalue weighted by Crippen LogP contribution is -2.63. The van der Waals surface area contributed by atoms with Crippen molar-refractivity contribution >= 4 is 11.6 Å². The zero-order valence-corrected chi connectivity index (χ0v) is 13.1. The van der Waals surface area contributed by atoms with Gasteiger partial charge in [0.05, 0.1) is 5.02 Å². The third-order valence-electron chi connectivity index (χ3n) is 4.56.